The summed E-state index contributed by atoms with van der Waals surface area (Å²) in [5.74, 6) is 0.810. The molecule has 0 aliphatic heterocycles. The molecule has 0 radical (unpaired) electrons. The van der Waals surface area contributed by atoms with Crippen LogP contribution in [0.25, 0.3) is 0 Å². The molecule has 154 valence electrons. The monoisotopic (exact) mass is 430 g/mol. The topological polar surface area (TPSA) is 58.2 Å². The molecule has 4 nitrogen and oxygen atoms in total. The van der Waals surface area contributed by atoms with Gasteiger partial charge in [0.25, 0.3) is 5.91 Å². The van der Waals surface area contributed by atoms with Crippen LogP contribution in [-0.4, -0.2) is 17.9 Å². The van der Waals surface area contributed by atoms with Gasteiger partial charge in [-0.2, -0.15) is 0 Å². The van der Waals surface area contributed by atoms with Gasteiger partial charge in [0, 0.05) is 33.3 Å². The lowest BCUT2D eigenvalue weighted by Crippen LogP contribution is -2.43. The van der Waals surface area contributed by atoms with Crippen molar-refractivity contribution in [2.75, 3.05) is 5.32 Å². The molecule has 0 spiro atoms. The van der Waals surface area contributed by atoms with Crippen molar-refractivity contribution in [3.8, 4) is 0 Å². The molecular formula is C23H27ClN2O2S. The second kappa shape index (κ2) is 9.68. The van der Waals surface area contributed by atoms with Crippen molar-refractivity contribution in [3.05, 3.63) is 53.1 Å². The maximum atomic E-state index is 12.9. The molecule has 1 aliphatic carbocycles. The maximum absolute atomic E-state index is 12.9. The van der Waals surface area contributed by atoms with Crippen LogP contribution in [0.3, 0.4) is 0 Å². The third-order valence-corrected chi connectivity index (χ3v) is 6.95. The Morgan fingerprint density at radius 1 is 1.07 bits per heavy atom. The lowest BCUT2D eigenvalue weighted by molar-refractivity contribution is -0.114. The minimum atomic E-state index is -0.171. The van der Waals surface area contributed by atoms with E-state index < -0.39 is 0 Å². The molecule has 3 atom stereocenters. The van der Waals surface area contributed by atoms with Crippen molar-refractivity contribution in [1.29, 1.82) is 0 Å². The van der Waals surface area contributed by atoms with Crippen molar-refractivity contribution in [1.82, 2.24) is 5.32 Å². The zero-order chi connectivity index (χ0) is 21.0. The Bertz CT molecular complexity index is 885. The number of nitrogens with one attached hydrogen (secondary N) is 2. The average Bonchev–Trinajstić information content (AvgIpc) is 2.68. The van der Waals surface area contributed by atoms with Crippen LogP contribution in [0.5, 0.6) is 0 Å². The first kappa shape index (κ1) is 21.7. The summed E-state index contributed by atoms with van der Waals surface area (Å²) in [5.41, 5.74) is 1.19. The van der Waals surface area contributed by atoms with E-state index >= 15 is 0 Å². The largest absolute Gasteiger partial charge is 0.349 e. The number of halogens is 1. The Kier molecular flexibility index (Phi) is 7.25. The summed E-state index contributed by atoms with van der Waals surface area (Å²) in [4.78, 5) is 26.4. The highest BCUT2D eigenvalue weighted by Crippen LogP contribution is 2.35. The van der Waals surface area contributed by atoms with Crippen LogP contribution in [0.1, 0.15) is 50.4 Å². The fourth-order valence-electron chi connectivity index (χ4n) is 3.71. The molecule has 3 rings (SSSR count). The number of amides is 2. The van der Waals surface area contributed by atoms with Crippen molar-refractivity contribution in [2.45, 2.75) is 55.9 Å². The molecule has 1 saturated carbocycles. The van der Waals surface area contributed by atoms with Crippen LogP contribution in [0, 0.1) is 11.8 Å². The molecule has 2 N–H and O–H groups in total. The molecule has 2 aromatic carbocycles. The summed E-state index contributed by atoms with van der Waals surface area (Å²) < 4.78 is 0. The van der Waals surface area contributed by atoms with Crippen LogP contribution in [0.15, 0.2) is 52.3 Å². The van der Waals surface area contributed by atoms with E-state index in [1.807, 2.05) is 36.4 Å². The Hall–Kier alpha value is -1.98. The zero-order valence-electron chi connectivity index (χ0n) is 17.0. The van der Waals surface area contributed by atoms with Gasteiger partial charge < -0.3 is 10.6 Å². The van der Waals surface area contributed by atoms with Gasteiger partial charge in [0.15, 0.2) is 0 Å². The van der Waals surface area contributed by atoms with Crippen LogP contribution in [-0.2, 0) is 4.79 Å². The third-order valence-electron chi connectivity index (χ3n) is 5.62. The van der Waals surface area contributed by atoms with Gasteiger partial charge in [-0.15, -0.1) is 0 Å². The summed E-state index contributed by atoms with van der Waals surface area (Å²) in [6, 6.07) is 13.2. The Morgan fingerprint density at radius 2 is 1.79 bits per heavy atom. The molecule has 2 amide bonds. The number of rotatable bonds is 5. The van der Waals surface area contributed by atoms with Crippen molar-refractivity contribution < 1.29 is 9.59 Å². The van der Waals surface area contributed by atoms with Gasteiger partial charge in [-0.25, -0.2) is 0 Å². The minimum Gasteiger partial charge on any atom is -0.349 e. The lowest BCUT2D eigenvalue weighted by atomic mass is 9.78. The van der Waals surface area contributed by atoms with Crippen molar-refractivity contribution in [2.24, 2.45) is 11.8 Å². The second-order valence-corrected chi connectivity index (χ2v) is 9.35. The number of anilines is 1. The summed E-state index contributed by atoms with van der Waals surface area (Å²) >= 11 is 7.48. The number of carbonyl (C=O) groups excluding carboxylic acids is 2. The van der Waals surface area contributed by atoms with E-state index in [1.54, 1.807) is 6.07 Å². The van der Waals surface area contributed by atoms with E-state index in [4.69, 9.17) is 11.6 Å². The molecule has 6 heteroatoms. The Morgan fingerprint density at radius 3 is 2.48 bits per heavy atom. The average molecular weight is 431 g/mol. The quantitative estimate of drug-likeness (QED) is 0.611. The highest BCUT2D eigenvalue weighted by molar-refractivity contribution is 7.99. The SMILES string of the molecule is CC(=O)Nc1cc(C(=O)N[C@@H]2CCC[C@H](C)[C@@H]2C)ccc1Sc1ccc(Cl)cc1. The van der Waals surface area contributed by atoms with E-state index in [1.165, 1.54) is 25.1 Å². The van der Waals surface area contributed by atoms with Gasteiger partial charge in [0.1, 0.15) is 0 Å². The molecule has 1 fully saturated rings. The summed E-state index contributed by atoms with van der Waals surface area (Å²) in [5, 5.41) is 6.73. The van der Waals surface area contributed by atoms with E-state index in [0.29, 0.717) is 28.1 Å². The standard InChI is InChI=1S/C23H27ClN2O2S/c1-14-5-4-6-20(15(14)2)26-23(28)17-7-12-22(21(13-17)25-16(3)27)29-19-10-8-18(24)9-11-19/h7-15,20H,4-6H2,1-3H3,(H,25,27)(H,26,28)/t14-,15-,20+/m0/s1. The fraction of sp³-hybridized carbons (Fsp3) is 0.391. The number of carbonyl (C=O) groups is 2. The van der Waals surface area contributed by atoms with Gasteiger partial charge in [-0.3, -0.25) is 9.59 Å². The van der Waals surface area contributed by atoms with Gasteiger partial charge >= 0.3 is 0 Å². The molecule has 0 unspecified atom stereocenters. The lowest BCUT2D eigenvalue weighted by Gasteiger charge is -2.34. The molecule has 0 aromatic heterocycles. The number of hydrogen-bond donors (Lipinski definition) is 2. The van der Waals surface area contributed by atoms with Crippen LogP contribution in [0.2, 0.25) is 5.02 Å². The van der Waals surface area contributed by atoms with Crippen molar-refractivity contribution >= 4 is 40.9 Å². The van der Waals surface area contributed by atoms with Gasteiger partial charge in [-0.1, -0.05) is 50.1 Å². The van der Waals surface area contributed by atoms with Gasteiger partial charge in [0.2, 0.25) is 5.91 Å². The highest BCUT2D eigenvalue weighted by atomic mass is 35.5. The molecule has 2 aromatic rings. The first-order chi connectivity index (χ1) is 13.8. The Balaban J connectivity index is 1.79. The van der Waals surface area contributed by atoms with E-state index in [2.05, 4.69) is 24.5 Å². The number of benzene rings is 2. The molecule has 1 aliphatic rings. The van der Waals surface area contributed by atoms with Crippen molar-refractivity contribution in [3.63, 3.8) is 0 Å². The summed E-state index contributed by atoms with van der Waals surface area (Å²) in [6.07, 6.45) is 3.38. The third kappa shape index (κ3) is 5.77. The zero-order valence-corrected chi connectivity index (χ0v) is 18.6. The van der Waals surface area contributed by atoms with E-state index in [-0.39, 0.29) is 17.9 Å². The molecular weight excluding hydrogens is 404 g/mol. The Labute approximate surface area is 181 Å². The van der Waals surface area contributed by atoms with Crippen LogP contribution >= 0.6 is 23.4 Å². The summed E-state index contributed by atoms with van der Waals surface area (Å²) in [6.45, 7) is 5.93. The molecule has 29 heavy (non-hydrogen) atoms. The first-order valence-electron chi connectivity index (χ1n) is 9.99. The van der Waals surface area contributed by atoms with Gasteiger partial charge in [-0.05, 0) is 60.7 Å². The number of hydrogen-bond acceptors (Lipinski definition) is 3. The minimum absolute atomic E-state index is 0.0920. The molecule has 0 saturated heterocycles. The molecule has 0 bridgehead atoms. The van der Waals surface area contributed by atoms with Crippen LogP contribution < -0.4 is 10.6 Å². The fourth-order valence-corrected chi connectivity index (χ4v) is 4.72. The van der Waals surface area contributed by atoms with E-state index in [9.17, 15) is 9.59 Å². The normalized spacial score (nSPS) is 21.4. The predicted octanol–water partition coefficient (Wildman–Crippen LogP) is 6.00. The van der Waals surface area contributed by atoms with Crippen LogP contribution in [0.4, 0.5) is 5.69 Å². The highest BCUT2D eigenvalue weighted by Gasteiger charge is 2.28. The molecule has 0 heterocycles. The predicted molar refractivity (Wildman–Crippen MR) is 120 cm³/mol. The summed E-state index contributed by atoms with van der Waals surface area (Å²) in [7, 11) is 0. The van der Waals surface area contributed by atoms with Gasteiger partial charge in [0.05, 0.1) is 5.69 Å². The smallest absolute Gasteiger partial charge is 0.251 e. The van der Waals surface area contributed by atoms with E-state index in [0.717, 1.165) is 22.6 Å². The second-order valence-electron chi connectivity index (χ2n) is 7.80. The maximum Gasteiger partial charge on any atom is 0.251 e. The first-order valence-corrected chi connectivity index (χ1v) is 11.2.